The third kappa shape index (κ3) is 4.40. The molecule has 3 heteroatoms. The molecule has 0 N–H and O–H groups in total. The smallest absolute Gasteiger partial charge is 0.127 e. The molecule has 0 atom stereocenters. The van der Waals surface area contributed by atoms with Crippen LogP contribution in [-0.4, -0.2) is 13.2 Å². The summed E-state index contributed by atoms with van der Waals surface area (Å²) in [5.41, 5.74) is 0. The minimum absolute atomic E-state index is 0.369. The molecule has 0 radical (unpaired) electrons. The minimum Gasteiger partial charge on any atom is -0.494 e. The number of unbranched alkanes of at least 4 members (excludes halogenated alkanes) is 2. The Labute approximate surface area is 153 Å². The highest BCUT2D eigenvalue weighted by Gasteiger charge is 2.13. The molecule has 0 unspecified atom stereocenters. The molecule has 0 bridgehead atoms. The van der Waals surface area contributed by atoms with Crippen LogP contribution < -0.4 is 9.47 Å². The maximum atomic E-state index is 6.05. The Kier molecular flexibility index (Phi) is 6.46. The Bertz CT molecular complexity index is 752. The molecule has 1 aliphatic heterocycles. The summed E-state index contributed by atoms with van der Waals surface area (Å²) < 4.78 is 12.0. The van der Waals surface area contributed by atoms with Crippen molar-refractivity contribution < 1.29 is 9.47 Å². The summed E-state index contributed by atoms with van der Waals surface area (Å²) in [5.74, 6) is 1.93. The molecule has 134 valence electrons. The van der Waals surface area contributed by atoms with E-state index < -0.39 is 0 Å². The number of fused-ring (bicyclic) bond motifs is 1. The molecule has 0 fully saturated rings. The average Bonchev–Trinajstić information content (AvgIpc) is 3.16. The molecule has 2 aromatic rings. The lowest BCUT2D eigenvalue weighted by molar-refractivity contribution is 0.309. The maximum absolute atomic E-state index is 6.05. The quantitative estimate of drug-likeness (QED) is 0.403. The molecule has 2 aromatic carbocycles. The van der Waals surface area contributed by atoms with Crippen LogP contribution in [0.25, 0.3) is 10.8 Å². The molecule has 1 heterocycles. The SMILES string of the molecule is CCCCOc1ccc2c(OCCCC)ccc([SH]3C=CC=C3)c2c1. The number of benzene rings is 2. The molecule has 25 heavy (non-hydrogen) atoms. The summed E-state index contributed by atoms with van der Waals surface area (Å²) in [6.45, 7) is 5.92. The van der Waals surface area contributed by atoms with Crippen LogP contribution in [0, 0.1) is 0 Å². The lowest BCUT2D eigenvalue weighted by atomic mass is 10.1. The van der Waals surface area contributed by atoms with Crippen molar-refractivity contribution in [2.45, 2.75) is 44.4 Å². The minimum atomic E-state index is -0.369. The molecule has 0 saturated heterocycles. The summed E-state index contributed by atoms with van der Waals surface area (Å²) in [5, 5.41) is 7.04. The van der Waals surface area contributed by atoms with Gasteiger partial charge in [-0.25, -0.2) is 0 Å². The van der Waals surface area contributed by atoms with Gasteiger partial charge in [0.1, 0.15) is 11.5 Å². The molecule has 0 aromatic heterocycles. The van der Waals surface area contributed by atoms with Crippen LogP contribution in [0.15, 0.2) is 58.2 Å². The molecule has 0 amide bonds. The maximum Gasteiger partial charge on any atom is 0.127 e. The fourth-order valence-corrected chi connectivity index (χ4v) is 4.58. The van der Waals surface area contributed by atoms with Gasteiger partial charge in [0.25, 0.3) is 0 Å². The number of thiol groups is 1. The Hall–Kier alpha value is -1.87. The summed E-state index contributed by atoms with van der Waals surface area (Å²) >= 11 is 0. The Morgan fingerprint density at radius 2 is 1.52 bits per heavy atom. The summed E-state index contributed by atoms with van der Waals surface area (Å²) in [4.78, 5) is 1.37. The number of ether oxygens (including phenoxy) is 2. The Balaban J connectivity index is 1.96. The molecule has 0 saturated carbocycles. The van der Waals surface area contributed by atoms with Gasteiger partial charge in [-0.05, 0) is 54.0 Å². The Morgan fingerprint density at radius 3 is 2.24 bits per heavy atom. The van der Waals surface area contributed by atoms with E-state index in [0.29, 0.717) is 0 Å². The van der Waals surface area contributed by atoms with Gasteiger partial charge < -0.3 is 9.47 Å². The largest absolute Gasteiger partial charge is 0.494 e. The second-order valence-corrected chi connectivity index (χ2v) is 8.18. The zero-order chi connectivity index (χ0) is 17.5. The van der Waals surface area contributed by atoms with Gasteiger partial charge in [0.15, 0.2) is 0 Å². The highest BCUT2D eigenvalue weighted by atomic mass is 32.2. The second-order valence-electron chi connectivity index (χ2n) is 6.28. The van der Waals surface area contributed by atoms with Crippen LogP contribution >= 0.6 is 10.9 Å². The predicted molar refractivity (Wildman–Crippen MR) is 110 cm³/mol. The number of hydrogen-bond acceptors (Lipinski definition) is 2. The third-order valence-corrected chi connectivity index (χ3v) is 6.26. The average molecular weight is 357 g/mol. The van der Waals surface area contributed by atoms with Crippen molar-refractivity contribution in [2.75, 3.05) is 13.2 Å². The van der Waals surface area contributed by atoms with Crippen molar-refractivity contribution in [1.82, 2.24) is 0 Å². The van der Waals surface area contributed by atoms with Crippen molar-refractivity contribution >= 4 is 21.7 Å². The molecule has 0 aliphatic carbocycles. The topological polar surface area (TPSA) is 18.5 Å². The van der Waals surface area contributed by atoms with Gasteiger partial charge in [-0.3, -0.25) is 0 Å². The highest BCUT2D eigenvalue weighted by molar-refractivity contribution is 8.22. The van der Waals surface area contributed by atoms with Gasteiger partial charge in [-0.2, -0.15) is 10.9 Å². The summed E-state index contributed by atoms with van der Waals surface area (Å²) in [7, 11) is -0.369. The van der Waals surface area contributed by atoms with Crippen LogP contribution in [0.2, 0.25) is 0 Å². The molecule has 0 spiro atoms. The zero-order valence-electron chi connectivity index (χ0n) is 15.2. The van der Waals surface area contributed by atoms with Gasteiger partial charge in [0.05, 0.1) is 13.2 Å². The van der Waals surface area contributed by atoms with Gasteiger partial charge in [-0.15, -0.1) is 0 Å². The van der Waals surface area contributed by atoms with Crippen molar-refractivity contribution in [3.8, 4) is 11.5 Å². The van der Waals surface area contributed by atoms with Crippen LogP contribution in [-0.2, 0) is 0 Å². The van der Waals surface area contributed by atoms with Crippen LogP contribution in [0.3, 0.4) is 0 Å². The van der Waals surface area contributed by atoms with E-state index >= 15 is 0 Å². The fourth-order valence-electron chi connectivity index (χ4n) is 2.88. The predicted octanol–water partition coefficient (Wildman–Crippen LogP) is 6.60. The van der Waals surface area contributed by atoms with Crippen LogP contribution in [0.5, 0.6) is 11.5 Å². The van der Waals surface area contributed by atoms with Gasteiger partial charge in [0.2, 0.25) is 0 Å². The first kappa shape index (κ1) is 17.9. The standard InChI is InChI=1S/C22H28O2S/c1-3-5-13-23-18-9-10-19-20(17-18)22(25-15-7-8-16-25)12-11-21(19)24-14-6-4-2/h7-12,15-17,25H,3-6,13-14H2,1-2H3. The zero-order valence-corrected chi connectivity index (χ0v) is 16.1. The van der Waals surface area contributed by atoms with Crippen molar-refractivity contribution in [1.29, 1.82) is 0 Å². The first-order valence-corrected chi connectivity index (χ1v) is 10.8. The summed E-state index contributed by atoms with van der Waals surface area (Å²) in [6, 6.07) is 10.8. The molecular weight excluding hydrogens is 328 g/mol. The molecular formula is C22H28O2S. The van der Waals surface area contributed by atoms with Crippen LogP contribution in [0.4, 0.5) is 0 Å². The summed E-state index contributed by atoms with van der Waals surface area (Å²) in [6.07, 6.45) is 8.75. The van der Waals surface area contributed by atoms with Crippen molar-refractivity contribution in [3.63, 3.8) is 0 Å². The van der Waals surface area contributed by atoms with Gasteiger partial charge in [0, 0.05) is 15.7 Å². The highest BCUT2D eigenvalue weighted by Crippen LogP contribution is 2.47. The van der Waals surface area contributed by atoms with Gasteiger partial charge >= 0.3 is 0 Å². The van der Waals surface area contributed by atoms with E-state index in [0.717, 1.165) is 50.4 Å². The number of hydrogen-bond donors (Lipinski definition) is 1. The van der Waals surface area contributed by atoms with E-state index in [-0.39, 0.29) is 10.9 Å². The van der Waals surface area contributed by atoms with E-state index in [9.17, 15) is 0 Å². The van der Waals surface area contributed by atoms with E-state index in [1.54, 1.807) is 0 Å². The van der Waals surface area contributed by atoms with E-state index in [2.05, 4.69) is 67.1 Å². The second kappa shape index (κ2) is 9.00. The van der Waals surface area contributed by atoms with E-state index in [4.69, 9.17) is 9.47 Å². The first-order chi connectivity index (χ1) is 12.3. The fraction of sp³-hybridized carbons (Fsp3) is 0.364. The van der Waals surface area contributed by atoms with Crippen LogP contribution in [0.1, 0.15) is 39.5 Å². The lowest BCUT2D eigenvalue weighted by Crippen LogP contribution is -1.99. The Morgan fingerprint density at radius 1 is 0.800 bits per heavy atom. The van der Waals surface area contributed by atoms with E-state index in [1.165, 1.54) is 15.7 Å². The molecule has 2 nitrogen and oxygen atoms in total. The van der Waals surface area contributed by atoms with Gasteiger partial charge in [-0.1, -0.05) is 38.8 Å². The number of allylic oxidation sites excluding steroid dienone is 2. The third-order valence-electron chi connectivity index (χ3n) is 4.33. The lowest BCUT2D eigenvalue weighted by Gasteiger charge is -2.18. The van der Waals surface area contributed by atoms with E-state index in [1.807, 2.05) is 0 Å². The number of rotatable bonds is 9. The monoisotopic (exact) mass is 356 g/mol. The first-order valence-electron chi connectivity index (χ1n) is 9.29. The molecule has 1 aliphatic rings. The normalized spacial score (nSPS) is 14.4. The molecule has 3 rings (SSSR count). The van der Waals surface area contributed by atoms with Crippen molar-refractivity contribution in [3.05, 3.63) is 53.3 Å². The van der Waals surface area contributed by atoms with Crippen molar-refractivity contribution in [2.24, 2.45) is 0 Å².